The number of thiazole rings is 1. The Morgan fingerprint density at radius 3 is 2.79 bits per heavy atom. The average molecular weight is 392 g/mol. The summed E-state index contributed by atoms with van der Waals surface area (Å²) in [5.41, 5.74) is 3.59. The van der Waals surface area contributed by atoms with Gasteiger partial charge >= 0.3 is 0 Å². The summed E-state index contributed by atoms with van der Waals surface area (Å²) >= 11 is 1.52. The van der Waals surface area contributed by atoms with Gasteiger partial charge in [0.2, 0.25) is 5.91 Å². The van der Waals surface area contributed by atoms with Crippen LogP contribution in [0.15, 0.2) is 54.2 Å². The van der Waals surface area contributed by atoms with Crippen molar-refractivity contribution < 1.29 is 4.79 Å². The van der Waals surface area contributed by atoms with E-state index >= 15 is 0 Å². The third-order valence-electron chi connectivity index (χ3n) is 4.49. The topological polar surface area (TPSA) is 83.6 Å². The van der Waals surface area contributed by atoms with Crippen LogP contribution in [0.1, 0.15) is 31.4 Å². The van der Waals surface area contributed by atoms with E-state index in [-0.39, 0.29) is 24.3 Å². The van der Waals surface area contributed by atoms with E-state index in [1.54, 1.807) is 12.4 Å². The molecule has 0 fully saturated rings. The Kier molecular flexibility index (Phi) is 5.16. The number of benzene rings is 1. The summed E-state index contributed by atoms with van der Waals surface area (Å²) in [5.74, 6) is 0.909. The maximum atomic E-state index is 12.7. The molecule has 28 heavy (non-hydrogen) atoms. The Hall–Kier alpha value is -3.06. The van der Waals surface area contributed by atoms with E-state index in [1.165, 1.54) is 11.3 Å². The van der Waals surface area contributed by atoms with Gasteiger partial charge in [-0.2, -0.15) is 0 Å². The number of hydrogen-bond donors (Lipinski definition) is 2. The van der Waals surface area contributed by atoms with Crippen molar-refractivity contribution in [3.63, 3.8) is 0 Å². The number of para-hydroxylation sites is 2. The largest absolute Gasteiger partial charge is 0.346 e. The first kappa shape index (κ1) is 18.3. The summed E-state index contributed by atoms with van der Waals surface area (Å²) in [6.07, 6.45) is 3.74. The molecule has 1 unspecified atom stereocenters. The normalized spacial score (nSPS) is 12.4. The smallest absolute Gasteiger partial charge is 0.226 e. The van der Waals surface area contributed by atoms with Crippen LogP contribution in [0.2, 0.25) is 0 Å². The Labute approximate surface area is 167 Å². The summed E-state index contributed by atoms with van der Waals surface area (Å²) in [4.78, 5) is 29.3. The second-order valence-corrected chi connectivity index (χ2v) is 7.85. The first-order valence-electron chi connectivity index (χ1n) is 9.19. The molecule has 0 radical (unpaired) electrons. The number of nitrogens with one attached hydrogen (secondary N) is 2. The van der Waals surface area contributed by atoms with Crippen molar-refractivity contribution in [2.24, 2.45) is 5.92 Å². The molecule has 0 bridgehead atoms. The van der Waals surface area contributed by atoms with Crippen LogP contribution in [0.4, 0.5) is 0 Å². The molecule has 0 saturated heterocycles. The molecule has 3 heterocycles. The highest BCUT2D eigenvalue weighted by molar-refractivity contribution is 7.13. The first-order valence-corrected chi connectivity index (χ1v) is 10.1. The molecule has 4 rings (SSSR count). The van der Waals surface area contributed by atoms with Crippen LogP contribution in [0, 0.1) is 5.92 Å². The number of H-pyrrole nitrogens is 1. The molecule has 0 aliphatic rings. The van der Waals surface area contributed by atoms with Crippen LogP contribution in [0.5, 0.6) is 0 Å². The predicted molar refractivity (Wildman–Crippen MR) is 111 cm³/mol. The third-order valence-corrected chi connectivity index (χ3v) is 5.43. The second-order valence-electron chi connectivity index (χ2n) is 6.99. The Morgan fingerprint density at radius 2 is 2.04 bits per heavy atom. The fraction of sp³-hybridized carbons (Fsp3) is 0.238. The summed E-state index contributed by atoms with van der Waals surface area (Å²) in [6, 6.07) is 11.5. The van der Waals surface area contributed by atoms with Gasteiger partial charge in [-0.1, -0.05) is 26.0 Å². The number of carbonyl (C=O) groups is 1. The van der Waals surface area contributed by atoms with Gasteiger partial charge in [0, 0.05) is 23.3 Å². The van der Waals surface area contributed by atoms with Crippen LogP contribution < -0.4 is 5.32 Å². The minimum atomic E-state index is -0.184. The molecular formula is C21H21N5OS. The number of pyridine rings is 1. The molecule has 0 aliphatic heterocycles. The minimum Gasteiger partial charge on any atom is -0.346 e. The van der Waals surface area contributed by atoms with Gasteiger partial charge in [0.05, 0.1) is 29.2 Å². The standard InChI is InChI=1S/C21H21N5OS/c1-13(2)19(20-24-16-7-3-4-8-17(16)25-20)26-18(27)10-15-12-28-21(23-15)14-6-5-9-22-11-14/h3-9,11-13,19H,10H2,1-2H3,(H,24,25)(H,26,27). The maximum Gasteiger partial charge on any atom is 0.226 e. The molecule has 4 aromatic rings. The van der Waals surface area contributed by atoms with Gasteiger partial charge in [-0.15, -0.1) is 11.3 Å². The number of aromatic nitrogens is 4. The van der Waals surface area contributed by atoms with Crippen molar-refractivity contribution in [1.29, 1.82) is 0 Å². The van der Waals surface area contributed by atoms with E-state index in [4.69, 9.17) is 0 Å². The van der Waals surface area contributed by atoms with Crippen molar-refractivity contribution in [2.75, 3.05) is 0 Å². The van der Waals surface area contributed by atoms with Crippen molar-refractivity contribution in [3.05, 3.63) is 65.7 Å². The molecule has 7 heteroatoms. The zero-order valence-electron chi connectivity index (χ0n) is 15.7. The Balaban J connectivity index is 1.47. The zero-order valence-corrected chi connectivity index (χ0v) is 16.5. The van der Waals surface area contributed by atoms with Crippen molar-refractivity contribution >= 4 is 28.3 Å². The highest BCUT2D eigenvalue weighted by atomic mass is 32.1. The van der Waals surface area contributed by atoms with E-state index in [2.05, 4.69) is 39.1 Å². The molecule has 6 nitrogen and oxygen atoms in total. The minimum absolute atomic E-state index is 0.0674. The van der Waals surface area contributed by atoms with Crippen LogP contribution in [-0.4, -0.2) is 25.8 Å². The van der Waals surface area contributed by atoms with E-state index < -0.39 is 0 Å². The number of rotatable bonds is 6. The maximum absolute atomic E-state index is 12.7. The highest BCUT2D eigenvalue weighted by Crippen LogP contribution is 2.24. The predicted octanol–water partition coefficient (Wildman–Crippen LogP) is 4.14. The number of amides is 1. The summed E-state index contributed by atoms with van der Waals surface area (Å²) < 4.78 is 0. The van der Waals surface area contributed by atoms with E-state index in [9.17, 15) is 4.79 Å². The van der Waals surface area contributed by atoms with E-state index in [0.717, 1.165) is 33.1 Å². The highest BCUT2D eigenvalue weighted by Gasteiger charge is 2.22. The van der Waals surface area contributed by atoms with Gasteiger partial charge in [-0.25, -0.2) is 9.97 Å². The Morgan fingerprint density at radius 1 is 1.18 bits per heavy atom. The van der Waals surface area contributed by atoms with Crippen molar-refractivity contribution in [2.45, 2.75) is 26.3 Å². The lowest BCUT2D eigenvalue weighted by molar-refractivity contribution is -0.121. The number of hydrogen-bond acceptors (Lipinski definition) is 5. The van der Waals surface area contributed by atoms with Gasteiger partial charge in [-0.3, -0.25) is 9.78 Å². The fourth-order valence-electron chi connectivity index (χ4n) is 3.07. The number of nitrogens with zero attached hydrogens (tertiary/aromatic N) is 3. The van der Waals surface area contributed by atoms with Gasteiger partial charge < -0.3 is 10.3 Å². The van der Waals surface area contributed by atoms with Crippen LogP contribution in [0.25, 0.3) is 21.6 Å². The average Bonchev–Trinajstić information content (AvgIpc) is 3.33. The van der Waals surface area contributed by atoms with Gasteiger partial charge in [0.25, 0.3) is 0 Å². The third kappa shape index (κ3) is 3.94. The van der Waals surface area contributed by atoms with Crippen LogP contribution >= 0.6 is 11.3 Å². The molecule has 1 atom stereocenters. The van der Waals surface area contributed by atoms with Crippen molar-refractivity contribution in [1.82, 2.24) is 25.3 Å². The van der Waals surface area contributed by atoms with Gasteiger partial charge in [0.15, 0.2) is 0 Å². The van der Waals surface area contributed by atoms with Crippen molar-refractivity contribution in [3.8, 4) is 10.6 Å². The molecule has 142 valence electrons. The monoisotopic (exact) mass is 391 g/mol. The molecule has 1 aromatic carbocycles. The number of aromatic amines is 1. The molecular weight excluding hydrogens is 370 g/mol. The lowest BCUT2D eigenvalue weighted by Crippen LogP contribution is -2.33. The molecule has 3 aromatic heterocycles. The lowest BCUT2D eigenvalue weighted by Gasteiger charge is -2.20. The SMILES string of the molecule is CC(C)C(NC(=O)Cc1csc(-c2cccnc2)n1)c1nc2ccccc2[nH]1. The Bertz CT molecular complexity index is 1050. The molecule has 1 amide bonds. The van der Waals surface area contributed by atoms with Crippen LogP contribution in [0.3, 0.4) is 0 Å². The summed E-state index contributed by atoms with van der Waals surface area (Å²) in [7, 11) is 0. The van der Waals surface area contributed by atoms with E-state index in [1.807, 2.05) is 41.8 Å². The number of imidazole rings is 1. The second kappa shape index (κ2) is 7.90. The molecule has 0 spiro atoms. The molecule has 2 N–H and O–H groups in total. The van der Waals surface area contributed by atoms with Crippen LogP contribution in [-0.2, 0) is 11.2 Å². The number of carbonyl (C=O) groups excluding carboxylic acids is 1. The van der Waals surface area contributed by atoms with Gasteiger partial charge in [0.1, 0.15) is 10.8 Å². The first-order chi connectivity index (χ1) is 13.6. The quantitative estimate of drug-likeness (QED) is 0.517. The van der Waals surface area contributed by atoms with E-state index in [0.29, 0.717) is 0 Å². The lowest BCUT2D eigenvalue weighted by atomic mass is 10.0. The summed E-state index contributed by atoms with van der Waals surface area (Å²) in [5, 5.41) is 5.90. The summed E-state index contributed by atoms with van der Waals surface area (Å²) in [6.45, 7) is 4.14. The number of fused-ring (bicyclic) bond motifs is 1. The molecule has 0 aliphatic carbocycles. The van der Waals surface area contributed by atoms with Gasteiger partial charge in [-0.05, 0) is 30.2 Å². The zero-order chi connectivity index (χ0) is 19.5. The molecule has 0 saturated carbocycles. The fourth-order valence-corrected chi connectivity index (χ4v) is 3.88.